The molecule has 7 heteroatoms. The van der Waals surface area contributed by atoms with Gasteiger partial charge in [0.05, 0.1) is 5.92 Å². The van der Waals surface area contributed by atoms with Crippen LogP contribution in [0.5, 0.6) is 0 Å². The molecule has 1 aromatic rings. The maximum absolute atomic E-state index is 12.5. The van der Waals surface area contributed by atoms with Gasteiger partial charge in [-0.25, -0.2) is 0 Å². The molecular formula is C20H29N3O3S. The Morgan fingerprint density at radius 3 is 2.70 bits per heavy atom. The van der Waals surface area contributed by atoms with Gasteiger partial charge >= 0.3 is 0 Å². The molecule has 2 aliphatic rings. The molecule has 3 amide bonds. The summed E-state index contributed by atoms with van der Waals surface area (Å²) in [5.74, 6) is 0.274. The van der Waals surface area contributed by atoms with Gasteiger partial charge in [-0.1, -0.05) is 0 Å². The summed E-state index contributed by atoms with van der Waals surface area (Å²) in [6.45, 7) is 5.40. The number of aryl methyl sites for hydroxylation is 1. The molecule has 0 bridgehead atoms. The van der Waals surface area contributed by atoms with E-state index in [-0.39, 0.29) is 23.6 Å². The molecule has 0 radical (unpaired) electrons. The van der Waals surface area contributed by atoms with E-state index in [4.69, 9.17) is 0 Å². The Hall–Kier alpha value is -1.89. The number of thiophene rings is 1. The molecule has 1 atom stereocenters. The second-order valence-corrected chi connectivity index (χ2v) is 8.48. The van der Waals surface area contributed by atoms with E-state index in [1.54, 1.807) is 16.2 Å². The third-order valence-corrected chi connectivity index (χ3v) is 6.60. The van der Waals surface area contributed by atoms with Crippen LogP contribution in [0.4, 0.5) is 0 Å². The molecule has 2 aliphatic heterocycles. The number of amides is 3. The number of rotatable bonds is 8. The summed E-state index contributed by atoms with van der Waals surface area (Å²) in [6, 6.07) is 2.10. The maximum atomic E-state index is 12.5. The van der Waals surface area contributed by atoms with E-state index in [9.17, 15) is 14.4 Å². The first-order chi connectivity index (χ1) is 13.0. The van der Waals surface area contributed by atoms with Crippen molar-refractivity contribution in [2.45, 2.75) is 45.4 Å². The Kier molecular flexibility index (Phi) is 6.88. The van der Waals surface area contributed by atoms with E-state index in [0.29, 0.717) is 45.4 Å². The van der Waals surface area contributed by atoms with Crippen molar-refractivity contribution in [2.75, 3.05) is 32.7 Å². The maximum Gasteiger partial charge on any atom is 0.224 e. The van der Waals surface area contributed by atoms with Crippen molar-refractivity contribution >= 4 is 29.1 Å². The summed E-state index contributed by atoms with van der Waals surface area (Å²) in [7, 11) is 0. The highest BCUT2D eigenvalue weighted by Crippen LogP contribution is 2.19. The van der Waals surface area contributed by atoms with E-state index in [1.165, 1.54) is 10.4 Å². The molecular weight excluding hydrogens is 362 g/mol. The highest BCUT2D eigenvalue weighted by Gasteiger charge is 2.30. The van der Waals surface area contributed by atoms with Gasteiger partial charge in [-0.15, -0.1) is 11.3 Å². The molecule has 2 saturated heterocycles. The fourth-order valence-electron chi connectivity index (χ4n) is 3.84. The van der Waals surface area contributed by atoms with Crippen LogP contribution in [0.3, 0.4) is 0 Å². The first-order valence-electron chi connectivity index (χ1n) is 9.91. The lowest BCUT2D eigenvalue weighted by molar-refractivity contribution is -0.138. The third-order valence-electron chi connectivity index (χ3n) is 5.52. The first-order valence-corrected chi connectivity index (χ1v) is 10.8. The molecule has 0 aromatic carbocycles. The molecule has 3 rings (SSSR count). The number of nitrogens with zero attached hydrogens (tertiary/aromatic N) is 2. The molecule has 2 fully saturated rings. The largest absolute Gasteiger partial charge is 0.355 e. The van der Waals surface area contributed by atoms with Crippen LogP contribution >= 0.6 is 11.3 Å². The molecule has 1 unspecified atom stereocenters. The zero-order valence-corrected chi connectivity index (χ0v) is 16.9. The number of carbonyl (C=O) groups is 3. The van der Waals surface area contributed by atoms with E-state index >= 15 is 0 Å². The van der Waals surface area contributed by atoms with Gasteiger partial charge in [0.2, 0.25) is 17.7 Å². The van der Waals surface area contributed by atoms with E-state index < -0.39 is 0 Å². The normalized spacial score (nSPS) is 20.4. The number of hydrogen-bond acceptors (Lipinski definition) is 4. The van der Waals surface area contributed by atoms with Gasteiger partial charge in [-0.3, -0.25) is 14.4 Å². The van der Waals surface area contributed by atoms with Gasteiger partial charge in [0.25, 0.3) is 0 Å². The summed E-state index contributed by atoms with van der Waals surface area (Å²) >= 11 is 1.72. The molecule has 0 spiro atoms. The zero-order valence-electron chi connectivity index (χ0n) is 16.0. The minimum atomic E-state index is -0.124. The topological polar surface area (TPSA) is 69.7 Å². The van der Waals surface area contributed by atoms with Crippen molar-refractivity contribution in [3.63, 3.8) is 0 Å². The highest BCUT2D eigenvalue weighted by atomic mass is 32.1. The van der Waals surface area contributed by atoms with Crippen LogP contribution in [-0.4, -0.2) is 60.2 Å². The summed E-state index contributed by atoms with van der Waals surface area (Å²) in [4.78, 5) is 41.3. The van der Waals surface area contributed by atoms with E-state index in [0.717, 1.165) is 25.8 Å². The van der Waals surface area contributed by atoms with Gasteiger partial charge in [0, 0.05) is 50.4 Å². The van der Waals surface area contributed by atoms with Crippen molar-refractivity contribution in [3.8, 4) is 0 Å². The van der Waals surface area contributed by atoms with Gasteiger partial charge in [-0.05, 0) is 49.6 Å². The molecule has 0 aliphatic carbocycles. The lowest BCUT2D eigenvalue weighted by Crippen LogP contribution is -2.46. The Labute approximate surface area is 164 Å². The van der Waals surface area contributed by atoms with Crippen LogP contribution in [0, 0.1) is 12.8 Å². The Morgan fingerprint density at radius 2 is 2.00 bits per heavy atom. The van der Waals surface area contributed by atoms with Crippen molar-refractivity contribution in [1.82, 2.24) is 15.1 Å². The SMILES string of the molecule is Cc1ccsc1CCNC(=O)C1CCC(=O)N(CCCN2CCCC2=O)C1. The Morgan fingerprint density at radius 1 is 1.22 bits per heavy atom. The van der Waals surface area contributed by atoms with Gasteiger partial charge in [0.15, 0.2) is 0 Å². The summed E-state index contributed by atoms with van der Waals surface area (Å²) in [5.41, 5.74) is 1.28. The van der Waals surface area contributed by atoms with Crippen molar-refractivity contribution in [1.29, 1.82) is 0 Å². The van der Waals surface area contributed by atoms with E-state index in [2.05, 4.69) is 23.7 Å². The third kappa shape index (κ3) is 5.31. The van der Waals surface area contributed by atoms with Crippen LogP contribution < -0.4 is 5.32 Å². The molecule has 1 N–H and O–H groups in total. The molecule has 0 saturated carbocycles. The fraction of sp³-hybridized carbons (Fsp3) is 0.650. The van der Waals surface area contributed by atoms with Crippen molar-refractivity contribution in [2.24, 2.45) is 5.92 Å². The monoisotopic (exact) mass is 391 g/mol. The summed E-state index contributed by atoms with van der Waals surface area (Å²) in [5, 5.41) is 5.11. The minimum absolute atomic E-state index is 0.0522. The van der Waals surface area contributed by atoms with Gasteiger partial charge < -0.3 is 15.1 Å². The smallest absolute Gasteiger partial charge is 0.224 e. The number of carbonyl (C=O) groups excluding carboxylic acids is 3. The molecule has 148 valence electrons. The van der Waals surface area contributed by atoms with Crippen LogP contribution in [0.15, 0.2) is 11.4 Å². The van der Waals surface area contributed by atoms with Crippen LogP contribution in [0.2, 0.25) is 0 Å². The second-order valence-electron chi connectivity index (χ2n) is 7.48. The van der Waals surface area contributed by atoms with E-state index in [1.807, 2.05) is 4.90 Å². The number of hydrogen-bond donors (Lipinski definition) is 1. The summed E-state index contributed by atoms with van der Waals surface area (Å²) in [6.07, 6.45) is 4.29. The minimum Gasteiger partial charge on any atom is -0.355 e. The van der Waals surface area contributed by atoms with Crippen LogP contribution in [0.25, 0.3) is 0 Å². The molecule has 1 aromatic heterocycles. The van der Waals surface area contributed by atoms with Crippen LogP contribution in [-0.2, 0) is 20.8 Å². The standard InChI is InChI=1S/C20H29N3O3S/c1-15-8-13-27-17(15)7-9-21-20(26)16-5-6-19(25)23(14-16)12-3-11-22-10-2-4-18(22)24/h8,13,16H,2-7,9-12,14H2,1H3,(H,21,26). The Balaban J connectivity index is 1.40. The quantitative estimate of drug-likeness (QED) is 0.737. The first kappa shape index (κ1) is 19.9. The van der Waals surface area contributed by atoms with Crippen LogP contribution in [0.1, 0.15) is 42.5 Å². The highest BCUT2D eigenvalue weighted by molar-refractivity contribution is 7.10. The Bertz CT molecular complexity index is 688. The second kappa shape index (κ2) is 9.35. The number of likely N-dealkylation sites (tertiary alicyclic amines) is 2. The van der Waals surface area contributed by atoms with Gasteiger partial charge in [0.1, 0.15) is 0 Å². The average Bonchev–Trinajstić information content (AvgIpc) is 3.25. The van der Waals surface area contributed by atoms with Crippen molar-refractivity contribution < 1.29 is 14.4 Å². The number of piperidine rings is 1. The number of nitrogens with one attached hydrogen (secondary N) is 1. The zero-order chi connectivity index (χ0) is 19.2. The molecule has 6 nitrogen and oxygen atoms in total. The summed E-state index contributed by atoms with van der Waals surface area (Å²) < 4.78 is 0. The predicted octanol–water partition coefficient (Wildman–Crippen LogP) is 1.97. The van der Waals surface area contributed by atoms with Gasteiger partial charge in [-0.2, -0.15) is 0 Å². The fourth-order valence-corrected chi connectivity index (χ4v) is 4.75. The lowest BCUT2D eigenvalue weighted by atomic mass is 9.96. The predicted molar refractivity (Wildman–Crippen MR) is 106 cm³/mol. The molecule has 27 heavy (non-hydrogen) atoms. The lowest BCUT2D eigenvalue weighted by Gasteiger charge is -2.32. The average molecular weight is 392 g/mol. The molecule has 3 heterocycles. The van der Waals surface area contributed by atoms with Crippen molar-refractivity contribution in [3.05, 3.63) is 21.9 Å².